The normalized spacial score (nSPS) is 11.2. The molecular weight excluding hydrogens is 444 g/mol. The number of benzene rings is 2. The summed E-state index contributed by atoms with van der Waals surface area (Å²) in [4.78, 5) is 18.6. The Morgan fingerprint density at radius 1 is 1.03 bits per heavy atom. The van der Waals surface area contributed by atoms with Crippen LogP contribution in [-0.2, 0) is 13.1 Å². The largest absolute Gasteiger partial charge is 0.288 e. The van der Waals surface area contributed by atoms with E-state index in [4.69, 9.17) is 11.6 Å². The molecule has 0 saturated heterocycles. The molecule has 0 radical (unpaired) electrons. The molecule has 0 spiro atoms. The molecule has 0 aliphatic heterocycles. The van der Waals surface area contributed by atoms with Crippen molar-refractivity contribution in [2.24, 2.45) is 0 Å². The highest BCUT2D eigenvalue weighted by Crippen LogP contribution is 2.29. The first-order valence-electron chi connectivity index (χ1n) is 10.0. The van der Waals surface area contributed by atoms with Crippen molar-refractivity contribution in [3.8, 4) is 0 Å². The second kappa shape index (κ2) is 8.57. The zero-order chi connectivity index (χ0) is 22.1. The van der Waals surface area contributed by atoms with Crippen LogP contribution in [0.5, 0.6) is 0 Å². The number of nitrogens with one attached hydrogen (secondary N) is 1. The average molecular weight is 463 g/mol. The first-order valence-corrected chi connectivity index (χ1v) is 11.2. The van der Waals surface area contributed by atoms with E-state index in [0.717, 1.165) is 27.0 Å². The van der Waals surface area contributed by atoms with Crippen LogP contribution in [-0.4, -0.2) is 30.5 Å². The van der Waals surface area contributed by atoms with Crippen molar-refractivity contribution in [3.63, 3.8) is 0 Å². The quantitative estimate of drug-likeness (QED) is 0.385. The van der Waals surface area contributed by atoms with Crippen LogP contribution < -0.4 is 5.32 Å². The van der Waals surface area contributed by atoms with Gasteiger partial charge in [-0.1, -0.05) is 54.1 Å². The highest BCUT2D eigenvalue weighted by molar-refractivity contribution is 7.20. The van der Waals surface area contributed by atoms with Crippen molar-refractivity contribution in [1.29, 1.82) is 0 Å². The lowest BCUT2D eigenvalue weighted by Crippen LogP contribution is -2.12. The summed E-state index contributed by atoms with van der Waals surface area (Å²) in [6, 6.07) is 19.5. The number of nitrogens with zero attached hydrogens (tertiary/aromatic N) is 5. The summed E-state index contributed by atoms with van der Waals surface area (Å²) in [7, 11) is 0. The summed E-state index contributed by atoms with van der Waals surface area (Å²) in [5.74, 6) is 0.0454. The molecule has 160 valence electrons. The minimum atomic E-state index is -0.235. The van der Waals surface area contributed by atoms with Crippen LogP contribution in [0.2, 0.25) is 5.02 Å². The molecule has 32 heavy (non-hydrogen) atoms. The van der Waals surface area contributed by atoms with Gasteiger partial charge in [0.05, 0.1) is 23.7 Å². The van der Waals surface area contributed by atoms with Gasteiger partial charge in [0.25, 0.3) is 5.91 Å². The zero-order valence-electron chi connectivity index (χ0n) is 17.2. The van der Waals surface area contributed by atoms with Crippen LogP contribution in [0.25, 0.3) is 10.2 Å². The Kier molecular flexibility index (Phi) is 5.46. The fourth-order valence-electron chi connectivity index (χ4n) is 3.46. The standard InChI is InChI=1S/C23H19ClN6OS/c1-15-19-11-20(32-22(19)30(27-15)13-17-7-9-18(24)10-8-17)21(31)26-23-25-14-29(28-23)12-16-5-3-2-4-6-16/h2-11,14H,12-13H2,1H3,(H,26,28,31). The molecule has 1 N–H and O–H groups in total. The van der Waals surface area contributed by atoms with Gasteiger partial charge in [-0.25, -0.2) is 9.67 Å². The smallest absolute Gasteiger partial charge is 0.268 e. The third-order valence-corrected chi connectivity index (χ3v) is 6.43. The molecule has 0 unspecified atom stereocenters. The Hall–Kier alpha value is -3.49. The van der Waals surface area contributed by atoms with Crippen molar-refractivity contribution in [2.45, 2.75) is 20.0 Å². The van der Waals surface area contributed by atoms with Crippen molar-refractivity contribution in [3.05, 3.63) is 93.7 Å². The van der Waals surface area contributed by atoms with Gasteiger partial charge in [-0.05, 0) is 36.2 Å². The SMILES string of the molecule is Cc1nn(Cc2ccc(Cl)cc2)c2sc(C(=O)Nc3ncn(Cc4ccccc4)n3)cc12. The van der Waals surface area contributed by atoms with Crippen molar-refractivity contribution >= 4 is 45.0 Å². The molecule has 2 aromatic carbocycles. The number of fused-ring (bicyclic) bond motifs is 1. The van der Waals surface area contributed by atoms with Crippen molar-refractivity contribution < 1.29 is 4.79 Å². The zero-order valence-corrected chi connectivity index (χ0v) is 18.8. The van der Waals surface area contributed by atoms with Crippen LogP contribution >= 0.6 is 22.9 Å². The van der Waals surface area contributed by atoms with Crippen molar-refractivity contribution in [2.75, 3.05) is 5.32 Å². The van der Waals surface area contributed by atoms with Gasteiger partial charge in [0.15, 0.2) is 0 Å². The number of amides is 1. The topological polar surface area (TPSA) is 77.6 Å². The molecule has 3 heterocycles. The molecule has 0 saturated carbocycles. The predicted molar refractivity (Wildman–Crippen MR) is 126 cm³/mol. The van der Waals surface area contributed by atoms with Crippen LogP contribution in [0, 0.1) is 6.92 Å². The number of rotatable bonds is 6. The van der Waals surface area contributed by atoms with Crippen LogP contribution in [0.15, 0.2) is 67.0 Å². The second-order valence-corrected chi connectivity index (χ2v) is 8.87. The monoisotopic (exact) mass is 462 g/mol. The van der Waals surface area contributed by atoms with E-state index >= 15 is 0 Å². The molecule has 0 atom stereocenters. The number of halogens is 1. The van der Waals surface area contributed by atoms with Gasteiger partial charge in [-0.2, -0.15) is 5.10 Å². The van der Waals surface area contributed by atoms with E-state index in [-0.39, 0.29) is 11.9 Å². The Morgan fingerprint density at radius 2 is 1.78 bits per heavy atom. The molecule has 0 aliphatic rings. The summed E-state index contributed by atoms with van der Waals surface area (Å²) in [5.41, 5.74) is 3.08. The van der Waals surface area contributed by atoms with Gasteiger partial charge in [-0.15, -0.1) is 16.4 Å². The Labute approximate surface area is 193 Å². The minimum absolute atomic E-state index is 0.235. The summed E-state index contributed by atoms with van der Waals surface area (Å²) in [6.45, 7) is 3.14. The van der Waals surface area contributed by atoms with Gasteiger partial charge in [0.2, 0.25) is 5.95 Å². The molecule has 5 aromatic rings. The van der Waals surface area contributed by atoms with E-state index in [2.05, 4.69) is 20.5 Å². The van der Waals surface area contributed by atoms with Gasteiger partial charge in [-0.3, -0.25) is 14.8 Å². The number of aryl methyl sites for hydroxylation is 1. The maximum atomic E-state index is 12.8. The van der Waals surface area contributed by atoms with Gasteiger partial charge in [0, 0.05) is 10.4 Å². The maximum Gasteiger partial charge on any atom is 0.268 e. The number of thiophene rings is 1. The lowest BCUT2D eigenvalue weighted by Gasteiger charge is -2.03. The second-order valence-electron chi connectivity index (χ2n) is 7.40. The van der Waals surface area contributed by atoms with E-state index in [9.17, 15) is 4.79 Å². The van der Waals surface area contributed by atoms with Crippen molar-refractivity contribution in [1.82, 2.24) is 24.5 Å². The lowest BCUT2D eigenvalue weighted by atomic mass is 10.2. The van der Waals surface area contributed by atoms with Crippen LogP contribution in [0.3, 0.4) is 0 Å². The molecular formula is C23H19ClN6OS. The Balaban J connectivity index is 1.32. The summed E-state index contributed by atoms with van der Waals surface area (Å²) in [6.07, 6.45) is 1.61. The average Bonchev–Trinajstić information content (AvgIpc) is 3.49. The predicted octanol–water partition coefficient (Wildman–Crippen LogP) is 5.00. The molecule has 1 amide bonds. The lowest BCUT2D eigenvalue weighted by molar-refractivity contribution is 0.102. The maximum absolute atomic E-state index is 12.8. The Bertz CT molecular complexity index is 1390. The molecule has 5 rings (SSSR count). The number of anilines is 1. The number of aromatic nitrogens is 5. The number of carbonyl (C=O) groups is 1. The molecule has 7 nitrogen and oxygen atoms in total. The summed E-state index contributed by atoms with van der Waals surface area (Å²) in [5, 5.41) is 13.5. The third-order valence-electron chi connectivity index (χ3n) is 5.03. The number of hydrogen-bond acceptors (Lipinski definition) is 5. The van der Waals surface area contributed by atoms with E-state index in [1.165, 1.54) is 11.3 Å². The number of hydrogen-bond donors (Lipinski definition) is 1. The van der Waals surface area contributed by atoms with E-state index in [0.29, 0.717) is 23.0 Å². The van der Waals surface area contributed by atoms with Gasteiger partial charge in [0.1, 0.15) is 11.2 Å². The molecule has 3 aromatic heterocycles. The van der Waals surface area contributed by atoms with E-state index in [1.54, 1.807) is 11.0 Å². The fourth-order valence-corrected chi connectivity index (χ4v) is 4.64. The summed E-state index contributed by atoms with van der Waals surface area (Å²) < 4.78 is 3.62. The molecule has 0 bridgehead atoms. The molecule has 0 aliphatic carbocycles. The van der Waals surface area contributed by atoms with E-state index < -0.39 is 0 Å². The summed E-state index contributed by atoms with van der Waals surface area (Å²) >= 11 is 7.39. The van der Waals surface area contributed by atoms with Gasteiger partial charge < -0.3 is 0 Å². The highest BCUT2D eigenvalue weighted by atomic mass is 35.5. The molecule has 0 fully saturated rings. The molecule has 9 heteroatoms. The third kappa shape index (κ3) is 4.28. The van der Waals surface area contributed by atoms with Crippen LogP contribution in [0.4, 0.5) is 5.95 Å². The fraction of sp³-hybridized carbons (Fsp3) is 0.130. The van der Waals surface area contributed by atoms with E-state index in [1.807, 2.05) is 72.3 Å². The highest BCUT2D eigenvalue weighted by Gasteiger charge is 2.18. The van der Waals surface area contributed by atoms with Crippen LogP contribution in [0.1, 0.15) is 26.5 Å². The Morgan fingerprint density at radius 3 is 2.56 bits per heavy atom. The van der Waals surface area contributed by atoms with Gasteiger partial charge >= 0.3 is 0 Å². The first kappa shape index (κ1) is 20.4. The first-order chi connectivity index (χ1) is 15.5. The minimum Gasteiger partial charge on any atom is -0.288 e. The number of carbonyl (C=O) groups excluding carboxylic acids is 1.